The van der Waals surface area contributed by atoms with Crippen LogP contribution < -0.4 is 5.32 Å². The van der Waals surface area contributed by atoms with E-state index in [9.17, 15) is 18.0 Å². The summed E-state index contributed by atoms with van der Waals surface area (Å²) < 4.78 is 42.6. The van der Waals surface area contributed by atoms with Crippen LogP contribution in [0.3, 0.4) is 0 Å². The molecule has 0 bridgehead atoms. The minimum absolute atomic E-state index is 0.122. The molecule has 2 N–H and O–H groups in total. The fourth-order valence-electron chi connectivity index (χ4n) is 1.90. The first-order valence-electron chi connectivity index (χ1n) is 6.14. The lowest BCUT2D eigenvalue weighted by molar-refractivity contribution is -0.144. The molecular formula is C13H9F3N4O2. The van der Waals surface area contributed by atoms with Crippen molar-refractivity contribution in [1.82, 2.24) is 15.1 Å². The molecule has 1 amide bonds. The van der Waals surface area contributed by atoms with Crippen molar-refractivity contribution in [3.05, 3.63) is 41.4 Å². The number of carbonyl (C=O) groups is 1. The summed E-state index contributed by atoms with van der Waals surface area (Å²) in [5.74, 6) is -0.872. The number of rotatable bonds is 2. The molecule has 0 unspecified atom stereocenters. The molecule has 1 aromatic carbocycles. The first-order valence-corrected chi connectivity index (χ1v) is 6.14. The van der Waals surface area contributed by atoms with Crippen LogP contribution >= 0.6 is 0 Å². The Morgan fingerprint density at radius 3 is 2.73 bits per heavy atom. The molecule has 0 aliphatic heterocycles. The number of fused-ring (bicyclic) bond motifs is 1. The van der Waals surface area contributed by atoms with Gasteiger partial charge in [-0.3, -0.25) is 4.79 Å². The van der Waals surface area contributed by atoms with Crippen LogP contribution in [-0.4, -0.2) is 21.0 Å². The van der Waals surface area contributed by atoms with Crippen LogP contribution in [0.2, 0.25) is 0 Å². The van der Waals surface area contributed by atoms with Crippen LogP contribution in [0.1, 0.15) is 21.9 Å². The van der Waals surface area contributed by atoms with Gasteiger partial charge in [0.15, 0.2) is 5.82 Å². The van der Waals surface area contributed by atoms with Crippen molar-refractivity contribution in [2.75, 3.05) is 5.32 Å². The molecule has 0 radical (unpaired) electrons. The Morgan fingerprint density at radius 2 is 2.09 bits per heavy atom. The molecule has 0 spiro atoms. The fourth-order valence-corrected chi connectivity index (χ4v) is 1.90. The van der Waals surface area contributed by atoms with E-state index in [2.05, 4.69) is 20.4 Å². The van der Waals surface area contributed by atoms with Gasteiger partial charge in [0.05, 0.1) is 11.0 Å². The van der Waals surface area contributed by atoms with E-state index in [0.717, 1.165) is 0 Å². The molecule has 3 aromatic rings. The maximum absolute atomic E-state index is 12.6. The molecule has 3 rings (SSSR count). The number of alkyl halides is 3. The Hall–Kier alpha value is -2.84. The van der Waals surface area contributed by atoms with Crippen molar-refractivity contribution >= 4 is 22.8 Å². The summed E-state index contributed by atoms with van der Waals surface area (Å²) in [6.07, 6.45) is -4.57. The Kier molecular flexibility index (Phi) is 3.12. The van der Waals surface area contributed by atoms with Crippen LogP contribution in [0.5, 0.6) is 0 Å². The van der Waals surface area contributed by atoms with E-state index >= 15 is 0 Å². The topological polar surface area (TPSA) is 83.8 Å². The van der Waals surface area contributed by atoms with Gasteiger partial charge in [0, 0.05) is 11.6 Å². The fraction of sp³-hybridized carbons (Fsp3) is 0.154. The first kappa shape index (κ1) is 14.1. The highest BCUT2D eigenvalue weighted by Gasteiger charge is 2.34. The molecule has 6 nitrogen and oxygen atoms in total. The van der Waals surface area contributed by atoms with E-state index in [0.29, 0.717) is 5.76 Å². The average molecular weight is 310 g/mol. The van der Waals surface area contributed by atoms with E-state index in [4.69, 9.17) is 4.52 Å². The predicted octanol–water partition coefficient (Wildman–Crippen LogP) is 3.13. The number of carbonyl (C=O) groups excluding carboxylic acids is 1. The van der Waals surface area contributed by atoms with Gasteiger partial charge in [-0.2, -0.15) is 13.2 Å². The van der Waals surface area contributed by atoms with E-state index in [1.165, 1.54) is 24.3 Å². The second-order valence-electron chi connectivity index (χ2n) is 4.59. The lowest BCUT2D eigenvalue weighted by atomic mass is 10.2. The summed E-state index contributed by atoms with van der Waals surface area (Å²) >= 11 is 0. The largest absolute Gasteiger partial charge is 0.449 e. The van der Waals surface area contributed by atoms with Gasteiger partial charge >= 0.3 is 6.18 Å². The molecule has 0 atom stereocenters. The number of benzene rings is 1. The minimum atomic E-state index is -4.57. The van der Waals surface area contributed by atoms with Crippen molar-refractivity contribution in [2.45, 2.75) is 13.1 Å². The summed E-state index contributed by atoms with van der Waals surface area (Å²) in [6.45, 7) is 1.66. The third kappa shape index (κ3) is 2.65. The van der Waals surface area contributed by atoms with E-state index < -0.39 is 17.9 Å². The Morgan fingerprint density at radius 1 is 1.32 bits per heavy atom. The number of amides is 1. The number of nitrogens with zero attached hydrogens (tertiary/aromatic N) is 2. The van der Waals surface area contributed by atoms with Crippen LogP contribution in [0.25, 0.3) is 11.0 Å². The summed E-state index contributed by atoms with van der Waals surface area (Å²) in [5.41, 5.74) is 0.419. The minimum Gasteiger partial charge on any atom is -0.360 e. The van der Waals surface area contributed by atoms with Gasteiger partial charge in [0.1, 0.15) is 5.76 Å². The van der Waals surface area contributed by atoms with E-state index in [-0.39, 0.29) is 22.4 Å². The van der Waals surface area contributed by atoms with Gasteiger partial charge in [0.25, 0.3) is 5.91 Å². The first-order chi connectivity index (χ1) is 10.3. The van der Waals surface area contributed by atoms with Crippen LogP contribution in [0, 0.1) is 6.92 Å². The van der Waals surface area contributed by atoms with Gasteiger partial charge < -0.3 is 14.8 Å². The number of aromatic nitrogens is 3. The number of hydrogen-bond donors (Lipinski definition) is 2. The van der Waals surface area contributed by atoms with Crippen molar-refractivity contribution in [2.24, 2.45) is 0 Å². The predicted molar refractivity (Wildman–Crippen MR) is 70.3 cm³/mol. The zero-order valence-corrected chi connectivity index (χ0v) is 11.2. The third-order valence-corrected chi connectivity index (χ3v) is 2.88. The average Bonchev–Trinajstić information content (AvgIpc) is 3.03. The monoisotopic (exact) mass is 310 g/mol. The molecule has 0 aliphatic carbocycles. The van der Waals surface area contributed by atoms with E-state index in [1.807, 2.05) is 0 Å². The Bertz CT molecular complexity index is 850. The number of imidazole rings is 1. The van der Waals surface area contributed by atoms with Crippen molar-refractivity contribution in [3.8, 4) is 0 Å². The third-order valence-electron chi connectivity index (χ3n) is 2.88. The van der Waals surface area contributed by atoms with Gasteiger partial charge in [0.2, 0.25) is 5.82 Å². The molecule has 9 heteroatoms. The molecule has 0 saturated carbocycles. The van der Waals surface area contributed by atoms with Gasteiger partial charge in [-0.25, -0.2) is 4.98 Å². The second kappa shape index (κ2) is 4.86. The molecule has 22 heavy (non-hydrogen) atoms. The molecule has 114 valence electrons. The number of aryl methyl sites for hydroxylation is 1. The number of H-pyrrole nitrogens is 1. The SMILES string of the molecule is Cc1cc(NC(=O)c2ccc3nc(C(F)(F)F)[nH]c3c2)no1. The summed E-state index contributed by atoms with van der Waals surface area (Å²) in [5, 5.41) is 6.08. The van der Waals surface area contributed by atoms with Gasteiger partial charge in [-0.1, -0.05) is 5.16 Å². The van der Waals surface area contributed by atoms with Crippen molar-refractivity contribution in [1.29, 1.82) is 0 Å². The number of halogens is 3. The zero-order valence-electron chi connectivity index (χ0n) is 11.2. The number of nitrogens with one attached hydrogen (secondary N) is 2. The molecule has 0 aliphatic rings. The molecule has 0 fully saturated rings. The molecule has 0 saturated heterocycles. The van der Waals surface area contributed by atoms with E-state index in [1.54, 1.807) is 6.92 Å². The normalized spacial score (nSPS) is 11.8. The smallest absolute Gasteiger partial charge is 0.360 e. The quantitative estimate of drug-likeness (QED) is 0.761. The Balaban J connectivity index is 1.89. The summed E-state index contributed by atoms with van der Waals surface area (Å²) in [4.78, 5) is 17.6. The second-order valence-corrected chi connectivity index (χ2v) is 4.59. The van der Waals surface area contributed by atoms with Crippen LogP contribution in [0.4, 0.5) is 19.0 Å². The molecule has 2 aromatic heterocycles. The summed E-state index contributed by atoms with van der Waals surface area (Å²) in [7, 11) is 0. The summed E-state index contributed by atoms with van der Waals surface area (Å²) in [6, 6.07) is 5.53. The van der Waals surface area contributed by atoms with Crippen molar-refractivity contribution in [3.63, 3.8) is 0 Å². The zero-order chi connectivity index (χ0) is 15.9. The highest BCUT2D eigenvalue weighted by molar-refractivity contribution is 6.05. The Labute approximate surface area is 121 Å². The number of anilines is 1. The van der Waals surface area contributed by atoms with Gasteiger partial charge in [-0.15, -0.1) is 0 Å². The van der Waals surface area contributed by atoms with Crippen LogP contribution in [-0.2, 0) is 6.18 Å². The standard InChI is InChI=1S/C13H9F3N4O2/c1-6-4-10(20-22-6)19-11(21)7-2-3-8-9(5-7)18-12(17-8)13(14,15)16/h2-5H,1H3,(H,17,18)(H,19,20,21). The van der Waals surface area contributed by atoms with Gasteiger partial charge in [-0.05, 0) is 25.1 Å². The molecule has 2 heterocycles. The maximum Gasteiger partial charge on any atom is 0.449 e. The molecular weight excluding hydrogens is 301 g/mol. The lowest BCUT2D eigenvalue weighted by Crippen LogP contribution is -2.11. The van der Waals surface area contributed by atoms with Crippen LogP contribution in [0.15, 0.2) is 28.8 Å². The maximum atomic E-state index is 12.6. The van der Waals surface area contributed by atoms with Crippen molar-refractivity contribution < 1.29 is 22.5 Å². The number of hydrogen-bond acceptors (Lipinski definition) is 4. The highest BCUT2D eigenvalue weighted by Crippen LogP contribution is 2.28. The highest BCUT2D eigenvalue weighted by atomic mass is 19.4. The lowest BCUT2D eigenvalue weighted by Gasteiger charge is -2.01. The number of aromatic amines is 1.